The molecule has 92 valence electrons. The lowest BCUT2D eigenvalue weighted by atomic mass is 10.1. The average molecular weight is 233 g/mol. The van der Waals surface area contributed by atoms with Gasteiger partial charge in [-0.25, -0.2) is 9.97 Å². The highest BCUT2D eigenvalue weighted by atomic mass is 16.2. The number of nitrogens with zero attached hydrogens (tertiary/aromatic N) is 3. The van der Waals surface area contributed by atoms with E-state index < -0.39 is 0 Å². The van der Waals surface area contributed by atoms with Gasteiger partial charge in [0.25, 0.3) is 0 Å². The fraction of sp³-hybridized carbons (Fsp3) is 0.615. The summed E-state index contributed by atoms with van der Waals surface area (Å²) in [5.41, 5.74) is 2.05. The van der Waals surface area contributed by atoms with E-state index >= 15 is 0 Å². The Bertz CT molecular complexity index is 431. The quantitative estimate of drug-likeness (QED) is 0.798. The molecule has 0 aliphatic carbocycles. The number of hydrogen-bond acceptors (Lipinski definition) is 3. The number of carbonyl (C=O) groups is 1. The molecular weight excluding hydrogens is 214 g/mol. The van der Waals surface area contributed by atoms with Gasteiger partial charge in [-0.3, -0.25) is 4.79 Å². The first kappa shape index (κ1) is 12.0. The van der Waals surface area contributed by atoms with Gasteiger partial charge in [-0.1, -0.05) is 13.8 Å². The maximum atomic E-state index is 11.8. The van der Waals surface area contributed by atoms with Crippen LogP contribution in [0.4, 0.5) is 0 Å². The van der Waals surface area contributed by atoms with Gasteiger partial charge in [0, 0.05) is 42.9 Å². The Hall–Kier alpha value is -1.45. The lowest BCUT2D eigenvalue weighted by Gasteiger charge is -2.17. The van der Waals surface area contributed by atoms with E-state index in [1.807, 2.05) is 31.9 Å². The predicted octanol–water partition coefficient (Wildman–Crippen LogP) is 1.72. The first-order valence-corrected chi connectivity index (χ1v) is 6.22. The Labute approximate surface area is 102 Å². The molecule has 1 aliphatic heterocycles. The van der Waals surface area contributed by atoms with Gasteiger partial charge in [-0.05, 0) is 13.3 Å². The molecule has 0 N–H and O–H groups in total. The number of aryl methyl sites for hydroxylation is 2. The van der Waals surface area contributed by atoms with Gasteiger partial charge in [0.1, 0.15) is 5.82 Å². The zero-order chi connectivity index (χ0) is 12.4. The van der Waals surface area contributed by atoms with E-state index in [1.165, 1.54) is 0 Å². The molecule has 1 saturated heterocycles. The molecular formula is C13H19N3O. The van der Waals surface area contributed by atoms with Crippen LogP contribution >= 0.6 is 0 Å². The van der Waals surface area contributed by atoms with Gasteiger partial charge in [0.2, 0.25) is 5.91 Å². The third kappa shape index (κ3) is 2.46. The Morgan fingerprint density at radius 3 is 2.82 bits per heavy atom. The SMILES string of the molecule is CCc1ncc(CN2CCC(C)C2=O)c(C)n1. The molecule has 0 radical (unpaired) electrons. The summed E-state index contributed by atoms with van der Waals surface area (Å²) < 4.78 is 0. The molecule has 1 unspecified atom stereocenters. The van der Waals surface area contributed by atoms with Gasteiger partial charge in [0.15, 0.2) is 0 Å². The molecule has 0 bridgehead atoms. The monoisotopic (exact) mass is 233 g/mol. The van der Waals surface area contributed by atoms with Gasteiger partial charge in [-0.15, -0.1) is 0 Å². The predicted molar refractivity (Wildman–Crippen MR) is 65.3 cm³/mol. The topological polar surface area (TPSA) is 46.1 Å². The molecule has 1 aromatic heterocycles. The maximum Gasteiger partial charge on any atom is 0.225 e. The number of aromatic nitrogens is 2. The van der Waals surface area contributed by atoms with Crippen LogP contribution in [0.1, 0.15) is 37.4 Å². The number of rotatable bonds is 3. The van der Waals surface area contributed by atoms with Gasteiger partial charge in [0.05, 0.1) is 0 Å². The maximum absolute atomic E-state index is 11.8. The summed E-state index contributed by atoms with van der Waals surface area (Å²) in [6.07, 6.45) is 3.67. The van der Waals surface area contributed by atoms with E-state index in [2.05, 4.69) is 9.97 Å². The summed E-state index contributed by atoms with van der Waals surface area (Å²) in [6, 6.07) is 0. The summed E-state index contributed by atoms with van der Waals surface area (Å²) in [5, 5.41) is 0. The van der Waals surface area contributed by atoms with Crippen molar-refractivity contribution in [3.05, 3.63) is 23.3 Å². The Kier molecular flexibility index (Phi) is 3.41. The molecule has 2 heterocycles. The molecule has 0 spiro atoms. The molecule has 1 fully saturated rings. The summed E-state index contributed by atoms with van der Waals surface area (Å²) in [6.45, 7) is 7.53. The number of hydrogen-bond donors (Lipinski definition) is 0. The van der Waals surface area contributed by atoms with E-state index in [-0.39, 0.29) is 11.8 Å². The normalized spacial score (nSPS) is 20.1. The summed E-state index contributed by atoms with van der Waals surface area (Å²) in [4.78, 5) is 22.5. The molecule has 1 aliphatic rings. The second-order valence-electron chi connectivity index (χ2n) is 4.70. The van der Waals surface area contributed by atoms with Crippen LogP contribution in [0.3, 0.4) is 0 Å². The first-order chi connectivity index (χ1) is 8.11. The lowest BCUT2D eigenvalue weighted by molar-refractivity contribution is -0.131. The minimum Gasteiger partial charge on any atom is -0.338 e. The molecule has 1 aromatic rings. The van der Waals surface area contributed by atoms with E-state index in [0.717, 1.165) is 36.5 Å². The number of amides is 1. The highest BCUT2D eigenvalue weighted by Gasteiger charge is 2.28. The Morgan fingerprint density at radius 2 is 2.29 bits per heavy atom. The van der Waals surface area contributed by atoms with Gasteiger partial charge < -0.3 is 4.90 Å². The van der Waals surface area contributed by atoms with Crippen LogP contribution in [0, 0.1) is 12.8 Å². The van der Waals surface area contributed by atoms with Crippen LogP contribution in [0.2, 0.25) is 0 Å². The van der Waals surface area contributed by atoms with E-state index in [1.54, 1.807) is 0 Å². The van der Waals surface area contributed by atoms with E-state index in [9.17, 15) is 4.79 Å². The molecule has 4 heteroatoms. The zero-order valence-electron chi connectivity index (χ0n) is 10.7. The highest BCUT2D eigenvalue weighted by Crippen LogP contribution is 2.20. The van der Waals surface area contributed by atoms with E-state index in [0.29, 0.717) is 6.54 Å². The van der Waals surface area contributed by atoms with Crippen molar-refractivity contribution in [2.24, 2.45) is 5.92 Å². The van der Waals surface area contributed by atoms with E-state index in [4.69, 9.17) is 0 Å². The van der Waals surface area contributed by atoms with Crippen LogP contribution in [-0.2, 0) is 17.8 Å². The molecule has 1 amide bonds. The number of likely N-dealkylation sites (tertiary alicyclic amines) is 1. The standard InChI is InChI=1S/C13H19N3O/c1-4-12-14-7-11(10(3)15-12)8-16-6-5-9(2)13(16)17/h7,9H,4-6,8H2,1-3H3. The molecule has 0 aromatic carbocycles. The second-order valence-corrected chi connectivity index (χ2v) is 4.70. The van der Waals surface area contributed by atoms with Crippen molar-refractivity contribution in [2.45, 2.75) is 40.2 Å². The Morgan fingerprint density at radius 1 is 1.53 bits per heavy atom. The van der Waals surface area contributed by atoms with Crippen molar-refractivity contribution < 1.29 is 4.79 Å². The largest absolute Gasteiger partial charge is 0.338 e. The fourth-order valence-electron chi connectivity index (χ4n) is 2.12. The zero-order valence-corrected chi connectivity index (χ0v) is 10.7. The van der Waals surface area contributed by atoms with Crippen molar-refractivity contribution in [1.82, 2.24) is 14.9 Å². The van der Waals surface area contributed by atoms with Gasteiger partial charge in [-0.2, -0.15) is 0 Å². The van der Waals surface area contributed by atoms with Crippen LogP contribution in [0.5, 0.6) is 0 Å². The van der Waals surface area contributed by atoms with Gasteiger partial charge >= 0.3 is 0 Å². The van der Waals surface area contributed by atoms with Crippen LogP contribution in [0.15, 0.2) is 6.20 Å². The van der Waals surface area contributed by atoms with Crippen LogP contribution in [0.25, 0.3) is 0 Å². The summed E-state index contributed by atoms with van der Waals surface area (Å²) >= 11 is 0. The molecule has 0 saturated carbocycles. The number of carbonyl (C=O) groups excluding carboxylic acids is 1. The minimum atomic E-state index is 0.172. The van der Waals surface area contributed by atoms with Crippen molar-refractivity contribution in [1.29, 1.82) is 0 Å². The van der Waals surface area contributed by atoms with Crippen LogP contribution < -0.4 is 0 Å². The lowest BCUT2D eigenvalue weighted by Crippen LogP contribution is -2.26. The van der Waals surface area contributed by atoms with Crippen molar-refractivity contribution in [2.75, 3.05) is 6.54 Å². The third-order valence-electron chi connectivity index (χ3n) is 3.37. The molecule has 4 nitrogen and oxygen atoms in total. The van der Waals surface area contributed by atoms with Crippen molar-refractivity contribution >= 4 is 5.91 Å². The summed E-state index contributed by atoms with van der Waals surface area (Å²) in [5.74, 6) is 1.29. The third-order valence-corrected chi connectivity index (χ3v) is 3.37. The summed E-state index contributed by atoms with van der Waals surface area (Å²) in [7, 11) is 0. The molecule has 2 rings (SSSR count). The highest BCUT2D eigenvalue weighted by molar-refractivity contribution is 5.80. The van der Waals surface area contributed by atoms with Crippen molar-refractivity contribution in [3.8, 4) is 0 Å². The second kappa shape index (κ2) is 4.82. The Balaban J connectivity index is 2.11. The average Bonchev–Trinajstić information content (AvgIpc) is 2.63. The van der Waals surface area contributed by atoms with Crippen molar-refractivity contribution in [3.63, 3.8) is 0 Å². The molecule has 1 atom stereocenters. The van der Waals surface area contributed by atoms with Crippen LogP contribution in [-0.4, -0.2) is 27.3 Å². The minimum absolute atomic E-state index is 0.172. The first-order valence-electron chi connectivity index (χ1n) is 6.22. The fourth-order valence-corrected chi connectivity index (χ4v) is 2.12. The smallest absolute Gasteiger partial charge is 0.225 e. The molecule has 17 heavy (non-hydrogen) atoms.